The molecule has 0 N–H and O–H groups in total. The van der Waals surface area contributed by atoms with Gasteiger partial charge in [0.15, 0.2) is 0 Å². The van der Waals surface area contributed by atoms with Crippen LogP contribution in [0.1, 0.15) is 43.6 Å². The summed E-state index contributed by atoms with van der Waals surface area (Å²) in [5.41, 5.74) is 1.51. The second-order valence-corrected chi connectivity index (χ2v) is 4.49. The topological polar surface area (TPSA) is 42.4 Å². The third-order valence-corrected chi connectivity index (χ3v) is 2.69. The van der Waals surface area contributed by atoms with Crippen molar-refractivity contribution in [3.05, 3.63) is 23.4 Å². The molecule has 0 atom stereocenters. The van der Waals surface area contributed by atoms with Crippen molar-refractivity contribution < 1.29 is 9.53 Å². The molecule has 0 aliphatic heterocycles. The number of anilines is 1. The highest BCUT2D eigenvalue weighted by Crippen LogP contribution is 2.18. The van der Waals surface area contributed by atoms with E-state index in [-0.39, 0.29) is 12.1 Å². The number of hydrogen-bond donors (Lipinski definition) is 0. The summed E-state index contributed by atoms with van der Waals surface area (Å²) in [5.74, 6) is 0.618. The first-order valence-corrected chi connectivity index (χ1v) is 6.42. The smallest absolute Gasteiger partial charge is 0.339 e. The summed E-state index contributed by atoms with van der Waals surface area (Å²) in [7, 11) is 0. The number of hydrogen-bond acceptors (Lipinski definition) is 4. The van der Waals surface area contributed by atoms with E-state index in [2.05, 4.69) is 23.7 Å². The summed E-state index contributed by atoms with van der Waals surface area (Å²) < 4.78 is 5.15. The Kier molecular flexibility index (Phi) is 5.13. The highest BCUT2D eigenvalue weighted by atomic mass is 16.5. The van der Waals surface area contributed by atoms with Crippen molar-refractivity contribution >= 4 is 11.8 Å². The highest BCUT2D eigenvalue weighted by Gasteiger charge is 2.13. The van der Waals surface area contributed by atoms with Crippen molar-refractivity contribution in [1.82, 2.24) is 4.98 Å². The Bertz CT molecular complexity index is 412. The van der Waals surface area contributed by atoms with E-state index in [1.54, 1.807) is 6.20 Å². The summed E-state index contributed by atoms with van der Waals surface area (Å²) in [6.07, 6.45) is 1.48. The van der Waals surface area contributed by atoms with E-state index in [1.807, 2.05) is 26.8 Å². The Hall–Kier alpha value is -1.58. The molecule has 0 saturated carbocycles. The van der Waals surface area contributed by atoms with Gasteiger partial charge >= 0.3 is 5.97 Å². The molecule has 1 aromatic rings. The Morgan fingerprint density at radius 1 is 1.39 bits per heavy atom. The fourth-order valence-corrected chi connectivity index (χ4v) is 1.82. The Labute approximate surface area is 109 Å². The quantitative estimate of drug-likeness (QED) is 0.754. The SMILES string of the molecule is CCN(CC)c1ncc(C(=O)OC(C)C)cc1C. The number of aryl methyl sites for hydroxylation is 1. The predicted octanol–water partition coefficient (Wildman–Crippen LogP) is 2.80. The van der Waals surface area contributed by atoms with Crippen LogP contribution in [0.3, 0.4) is 0 Å². The zero-order valence-corrected chi connectivity index (χ0v) is 11.9. The zero-order valence-electron chi connectivity index (χ0n) is 11.9. The van der Waals surface area contributed by atoms with Gasteiger partial charge in [-0.2, -0.15) is 0 Å². The van der Waals surface area contributed by atoms with Crippen LogP contribution in [0.25, 0.3) is 0 Å². The van der Waals surface area contributed by atoms with Crippen LogP contribution in [0.15, 0.2) is 12.3 Å². The minimum atomic E-state index is -0.313. The van der Waals surface area contributed by atoms with Crippen LogP contribution >= 0.6 is 0 Å². The number of ether oxygens (including phenoxy) is 1. The molecule has 100 valence electrons. The molecule has 0 spiro atoms. The Balaban J connectivity index is 2.95. The van der Waals surface area contributed by atoms with E-state index in [0.717, 1.165) is 24.5 Å². The molecular weight excluding hydrogens is 228 g/mol. The van der Waals surface area contributed by atoms with Gasteiger partial charge in [-0.15, -0.1) is 0 Å². The summed E-state index contributed by atoms with van der Waals surface area (Å²) in [6.45, 7) is 11.6. The lowest BCUT2D eigenvalue weighted by atomic mass is 10.2. The largest absolute Gasteiger partial charge is 0.459 e. The molecule has 0 saturated heterocycles. The van der Waals surface area contributed by atoms with Crippen LogP contribution in [-0.4, -0.2) is 30.1 Å². The number of esters is 1. The molecule has 0 amide bonds. The van der Waals surface area contributed by atoms with E-state index in [1.165, 1.54) is 0 Å². The van der Waals surface area contributed by atoms with Crippen LogP contribution in [0.2, 0.25) is 0 Å². The Morgan fingerprint density at radius 2 is 2.00 bits per heavy atom. The fourth-order valence-electron chi connectivity index (χ4n) is 1.82. The van der Waals surface area contributed by atoms with Gasteiger partial charge in [-0.1, -0.05) is 0 Å². The molecule has 1 aromatic heterocycles. The molecule has 1 heterocycles. The van der Waals surface area contributed by atoms with Crippen molar-refractivity contribution in [3.8, 4) is 0 Å². The molecule has 4 nitrogen and oxygen atoms in total. The first kappa shape index (κ1) is 14.5. The van der Waals surface area contributed by atoms with Gasteiger partial charge in [-0.3, -0.25) is 0 Å². The van der Waals surface area contributed by atoms with Gasteiger partial charge in [0.2, 0.25) is 0 Å². The zero-order chi connectivity index (χ0) is 13.7. The number of pyridine rings is 1. The predicted molar refractivity (Wildman–Crippen MR) is 73.1 cm³/mol. The third kappa shape index (κ3) is 3.45. The molecule has 0 unspecified atom stereocenters. The number of rotatable bonds is 5. The molecular formula is C14H22N2O2. The van der Waals surface area contributed by atoms with Gasteiger partial charge in [-0.05, 0) is 46.2 Å². The van der Waals surface area contributed by atoms with E-state index in [0.29, 0.717) is 5.56 Å². The maximum atomic E-state index is 11.8. The minimum Gasteiger partial charge on any atom is -0.459 e. The molecule has 0 aromatic carbocycles. The lowest BCUT2D eigenvalue weighted by Gasteiger charge is -2.22. The first-order valence-electron chi connectivity index (χ1n) is 6.42. The molecule has 4 heteroatoms. The maximum Gasteiger partial charge on any atom is 0.339 e. The number of carbonyl (C=O) groups is 1. The van der Waals surface area contributed by atoms with Crippen LogP contribution in [0.4, 0.5) is 5.82 Å². The maximum absolute atomic E-state index is 11.8. The third-order valence-electron chi connectivity index (χ3n) is 2.69. The van der Waals surface area contributed by atoms with Gasteiger partial charge in [-0.25, -0.2) is 9.78 Å². The van der Waals surface area contributed by atoms with E-state index < -0.39 is 0 Å². The number of nitrogens with zero attached hydrogens (tertiary/aromatic N) is 2. The van der Waals surface area contributed by atoms with E-state index >= 15 is 0 Å². The van der Waals surface area contributed by atoms with Gasteiger partial charge in [0.05, 0.1) is 11.7 Å². The van der Waals surface area contributed by atoms with Crippen molar-refractivity contribution in [2.24, 2.45) is 0 Å². The standard InChI is InChI=1S/C14H22N2O2/c1-6-16(7-2)13-11(5)8-12(9-15-13)14(17)18-10(3)4/h8-10H,6-7H2,1-5H3. The number of aromatic nitrogens is 1. The van der Waals surface area contributed by atoms with E-state index in [9.17, 15) is 4.79 Å². The summed E-state index contributed by atoms with van der Waals surface area (Å²) in [6, 6.07) is 1.84. The molecule has 0 aliphatic carbocycles. The van der Waals surface area contributed by atoms with E-state index in [4.69, 9.17) is 4.74 Å². The van der Waals surface area contributed by atoms with Crippen LogP contribution < -0.4 is 4.90 Å². The second kappa shape index (κ2) is 6.38. The van der Waals surface area contributed by atoms with Gasteiger partial charge in [0.25, 0.3) is 0 Å². The van der Waals surface area contributed by atoms with Crippen molar-refractivity contribution in [3.63, 3.8) is 0 Å². The van der Waals surface area contributed by atoms with Crippen LogP contribution in [0.5, 0.6) is 0 Å². The lowest BCUT2D eigenvalue weighted by Crippen LogP contribution is -2.24. The summed E-state index contributed by atoms with van der Waals surface area (Å²) >= 11 is 0. The van der Waals surface area contributed by atoms with Crippen molar-refractivity contribution in [1.29, 1.82) is 0 Å². The fraction of sp³-hybridized carbons (Fsp3) is 0.571. The lowest BCUT2D eigenvalue weighted by molar-refractivity contribution is 0.0377. The minimum absolute atomic E-state index is 0.111. The normalized spacial score (nSPS) is 10.6. The van der Waals surface area contributed by atoms with Gasteiger partial charge < -0.3 is 9.64 Å². The molecule has 0 radical (unpaired) electrons. The average Bonchev–Trinajstić information content (AvgIpc) is 2.31. The molecule has 0 fully saturated rings. The van der Waals surface area contributed by atoms with Crippen molar-refractivity contribution in [2.75, 3.05) is 18.0 Å². The number of carbonyl (C=O) groups excluding carboxylic acids is 1. The van der Waals surface area contributed by atoms with Gasteiger partial charge in [0, 0.05) is 19.3 Å². The molecule has 1 rings (SSSR count). The molecule has 0 aliphatic rings. The molecule has 0 bridgehead atoms. The monoisotopic (exact) mass is 250 g/mol. The first-order chi connectivity index (χ1) is 8.49. The Morgan fingerprint density at radius 3 is 2.44 bits per heavy atom. The second-order valence-electron chi connectivity index (χ2n) is 4.49. The molecule has 18 heavy (non-hydrogen) atoms. The average molecular weight is 250 g/mol. The van der Waals surface area contributed by atoms with Crippen LogP contribution in [0, 0.1) is 6.92 Å². The summed E-state index contributed by atoms with van der Waals surface area (Å²) in [4.78, 5) is 18.3. The highest BCUT2D eigenvalue weighted by molar-refractivity contribution is 5.89. The van der Waals surface area contributed by atoms with Crippen LogP contribution in [-0.2, 0) is 4.74 Å². The van der Waals surface area contributed by atoms with Crippen molar-refractivity contribution in [2.45, 2.75) is 40.7 Å². The summed E-state index contributed by atoms with van der Waals surface area (Å²) in [5, 5.41) is 0. The van der Waals surface area contributed by atoms with Gasteiger partial charge in [0.1, 0.15) is 5.82 Å².